The molecule has 0 unspecified atom stereocenters. The van der Waals surface area contributed by atoms with Crippen LogP contribution >= 0.6 is 0 Å². The molecule has 0 aliphatic heterocycles. The number of hydrogen-bond donors (Lipinski definition) is 0. The van der Waals surface area contributed by atoms with Gasteiger partial charge in [0.25, 0.3) is 0 Å². The average Bonchev–Trinajstić information content (AvgIpc) is 2.80. The minimum absolute atomic E-state index is 0.0162. The molecule has 0 spiro atoms. The predicted octanol–water partition coefficient (Wildman–Crippen LogP) is 0.205. The van der Waals surface area contributed by atoms with Crippen LogP contribution in [0.4, 0.5) is 0 Å². The van der Waals surface area contributed by atoms with Crippen LogP contribution in [0.5, 0.6) is 0 Å². The van der Waals surface area contributed by atoms with E-state index in [1.54, 1.807) is 0 Å². The Morgan fingerprint density at radius 1 is 1.25 bits per heavy atom. The molecule has 0 saturated carbocycles. The van der Waals surface area contributed by atoms with E-state index in [0.29, 0.717) is 18.8 Å². The SMILES string of the molecule is COC(=O)Cc1c(C(=O)OC)nnn1CCOC(C)C. The standard InChI is InChI=1S/C12H19N3O5/c1-8(2)20-6-5-15-9(7-10(16)18-3)11(13-14-15)12(17)19-4/h8H,5-7H2,1-4H3. The third kappa shape index (κ3) is 4.30. The molecule has 0 aliphatic rings. The van der Waals surface area contributed by atoms with Crippen molar-refractivity contribution >= 4 is 11.9 Å². The number of nitrogens with zero attached hydrogens (tertiary/aromatic N) is 3. The van der Waals surface area contributed by atoms with E-state index in [1.807, 2.05) is 13.8 Å². The van der Waals surface area contributed by atoms with Gasteiger partial charge in [0.05, 0.1) is 45.6 Å². The van der Waals surface area contributed by atoms with Gasteiger partial charge in [-0.2, -0.15) is 0 Å². The maximum Gasteiger partial charge on any atom is 0.360 e. The number of carbonyl (C=O) groups excluding carboxylic acids is 2. The van der Waals surface area contributed by atoms with Gasteiger partial charge in [0, 0.05) is 0 Å². The van der Waals surface area contributed by atoms with E-state index in [1.165, 1.54) is 18.9 Å². The number of aromatic nitrogens is 3. The molecular weight excluding hydrogens is 266 g/mol. The maximum absolute atomic E-state index is 11.6. The smallest absolute Gasteiger partial charge is 0.360 e. The van der Waals surface area contributed by atoms with Crippen molar-refractivity contribution < 1.29 is 23.8 Å². The average molecular weight is 285 g/mol. The highest BCUT2D eigenvalue weighted by molar-refractivity contribution is 5.89. The highest BCUT2D eigenvalue weighted by atomic mass is 16.5. The second kappa shape index (κ2) is 7.59. The summed E-state index contributed by atoms with van der Waals surface area (Å²) in [5.74, 6) is -1.12. The molecule has 1 heterocycles. The van der Waals surface area contributed by atoms with Crippen LogP contribution in [0.2, 0.25) is 0 Å². The van der Waals surface area contributed by atoms with Gasteiger partial charge in [-0.05, 0) is 13.8 Å². The summed E-state index contributed by atoms with van der Waals surface area (Å²) in [7, 11) is 2.52. The lowest BCUT2D eigenvalue weighted by atomic mass is 10.2. The highest BCUT2D eigenvalue weighted by Gasteiger charge is 2.22. The lowest BCUT2D eigenvalue weighted by Gasteiger charge is -2.09. The van der Waals surface area contributed by atoms with Crippen molar-refractivity contribution in [1.29, 1.82) is 0 Å². The lowest BCUT2D eigenvalue weighted by molar-refractivity contribution is -0.139. The molecule has 0 aliphatic carbocycles. The van der Waals surface area contributed by atoms with Crippen molar-refractivity contribution in [3.05, 3.63) is 11.4 Å². The van der Waals surface area contributed by atoms with Gasteiger partial charge >= 0.3 is 11.9 Å². The first-order chi connectivity index (χ1) is 9.49. The number of hydrogen-bond acceptors (Lipinski definition) is 7. The molecule has 0 atom stereocenters. The Morgan fingerprint density at radius 2 is 1.95 bits per heavy atom. The van der Waals surface area contributed by atoms with Gasteiger partial charge in [-0.1, -0.05) is 5.21 Å². The molecule has 0 fully saturated rings. The van der Waals surface area contributed by atoms with Crippen molar-refractivity contribution in [2.24, 2.45) is 0 Å². The van der Waals surface area contributed by atoms with Gasteiger partial charge in [0.1, 0.15) is 0 Å². The number of esters is 2. The predicted molar refractivity (Wildman–Crippen MR) is 68.2 cm³/mol. The molecule has 0 N–H and O–H groups in total. The normalized spacial score (nSPS) is 10.7. The molecule has 1 rings (SSSR count). The zero-order valence-corrected chi connectivity index (χ0v) is 12.1. The highest BCUT2D eigenvalue weighted by Crippen LogP contribution is 2.09. The first-order valence-corrected chi connectivity index (χ1v) is 6.18. The first kappa shape index (κ1) is 16.1. The van der Waals surface area contributed by atoms with Gasteiger partial charge < -0.3 is 14.2 Å². The molecule has 0 aromatic carbocycles. The van der Waals surface area contributed by atoms with Crippen molar-refractivity contribution in [3.8, 4) is 0 Å². The minimum atomic E-state index is -0.639. The number of ether oxygens (including phenoxy) is 3. The zero-order valence-electron chi connectivity index (χ0n) is 12.1. The first-order valence-electron chi connectivity index (χ1n) is 6.18. The summed E-state index contributed by atoms with van der Waals surface area (Å²) in [6, 6.07) is 0. The molecule has 8 nitrogen and oxygen atoms in total. The lowest BCUT2D eigenvalue weighted by Crippen LogP contribution is -2.18. The van der Waals surface area contributed by atoms with Crippen LogP contribution in [0.1, 0.15) is 30.0 Å². The van der Waals surface area contributed by atoms with Crippen LogP contribution < -0.4 is 0 Å². The van der Waals surface area contributed by atoms with Gasteiger partial charge in [-0.15, -0.1) is 5.10 Å². The summed E-state index contributed by atoms with van der Waals surface area (Å²) >= 11 is 0. The van der Waals surface area contributed by atoms with E-state index in [4.69, 9.17) is 4.74 Å². The van der Waals surface area contributed by atoms with E-state index in [0.717, 1.165) is 0 Å². The van der Waals surface area contributed by atoms with Gasteiger partial charge in [-0.3, -0.25) is 4.79 Å². The Morgan fingerprint density at radius 3 is 2.50 bits per heavy atom. The molecule has 1 aromatic heterocycles. The van der Waals surface area contributed by atoms with Crippen molar-refractivity contribution in [3.63, 3.8) is 0 Å². The zero-order chi connectivity index (χ0) is 15.1. The molecule has 0 bridgehead atoms. The van der Waals surface area contributed by atoms with E-state index in [-0.39, 0.29) is 18.2 Å². The summed E-state index contributed by atoms with van der Waals surface area (Å²) in [4.78, 5) is 23.0. The fourth-order valence-electron chi connectivity index (χ4n) is 1.53. The summed E-state index contributed by atoms with van der Waals surface area (Å²) in [5, 5.41) is 7.59. The fraction of sp³-hybridized carbons (Fsp3) is 0.667. The monoisotopic (exact) mass is 285 g/mol. The van der Waals surface area contributed by atoms with Gasteiger partial charge in [0.15, 0.2) is 5.69 Å². The molecule has 1 aromatic rings. The minimum Gasteiger partial charge on any atom is -0.469 e. The second-order valence-corrected chi connectivity index (χ2v) is 4.27. The summed E-state index contributed by atoms with van der Waals surface area (Å²) < 4.78 is 16.1. The van der Waals surface area contributed by atoms with Crippen LogP contribution in [0.3, 0.4) is 0 Å². The van der Waals surface area contributed by atoms with Gasteiger partial charge in [0.2, 0.25) is 0 Å². The van der Waals surface area contributed by atoms with Crippen molar-refractivity contribution in [2.75, 3.05) is 20.8 Å². The Kier molecular flexibility index (Phi) is 6.10. The molecule has 112 valence electrons. The number of carbonyl (C=O) groups is 2. The topological polar surface area (TPSA) is 92.5 Å². The summed E-state index contributed by atoms with van der Waals surface area (Å²) in [5.41, 5.74) is 0.374. The van der Waals surface area contributed by atoms with E-state index >= 15 is 0 Å². The quantitative estimate of drug-likeness (QED) is 0.661. The number of rotatable bonds is 7. The third-order valence-electron chi connectivity index (χ3n) is 2.51. The Balaban J connectivity index is 2.89. The van der Waals surface area contributed by atoms with Crippen LogP contribution in [0.25, 0.3) is 0 Å². The number of methoxy groups -OCH3 is 2. The van der Waals surface area contributed by atoms with E-state index in [2.05, 4.69) is 19.8 Å². The molecule has 0 amide bonds. The Labute approximate surface area is 117 Å². The molecule has 0 radical (unpaired) electrons. The van der Waals surface area contributed by atoms with Gasteiger partial charge in [-0.25, -0.2) is 9.48 Å². The second-order valence-electron chi connectivity index (χ2n) is 4.27. The molecule has 8 heteroatoms. The van der Waals surface area contributed by atoms with E-state index < -0.39 is 11.9 Å². The summed E-state index contributed by atoms with van der Waals surface area (Å²) in [6.45, 7) is 4.61. The maximum atomic E-state index is 11.6. The fourth-order valence-corrected chi connectivity index (χ4v) is 1.53. The molecular formula is C12H19N3O5. The van der Waals surface area contributed by atoms with Crippen LogP contribution in [0, 0.1) is 0 Å². The Hall–Kier alpha value is -1.96. The molecule has 0 saturated heterocycles. The van der Waals surface area contributed by atoms with E-state index in [9.17, 15) is 9.59 Å². The largest absolute Gasteiger partial charge is 0.469 e. The summed E-state index contributed by atoms with van der Waals surface area (Å²) in [6.07, 6.45) is -0.0158. The van der Waals surface area contributed by atoms with Crippen LogP contribution in [-0.4, -0.2) is 53.9 Å². The Bertz CT molecular complexity index is 470. The van der Waals surface area contributed by atoms with Crippen LogP contribution in [0.15, 0.2) is 0 Å². The van der Waals surface area contributed by atoms with Crippen molar-refractivity contribution in [2.45, 2.75) is 32.9 Å². The van der Waals surface area contributed by atoms with Crippen molar-refractivity contribution in [1.82, 2.24) is 15.0 Å². The molecule has 20 heavy (non-hydrogen) atoms. The third-order valence-corrected chi connectivity index (χ3v) is 2.51. The van der Waals surface area contributed by atoms with Crippen LogP contribution in [-0.2, 0) is 32.0 Å².